The van der Waals surface area contributed by atoms with Gasteiger partial charge in [0.25, 0.3) is 11.1 Å². The van der Waals surface area contributed by atoms with Crippen LogP contribution in [0.2, 0.25) is 0 Å². The maximum Gasteiger partial charge on any atom is 0.290 e. The molecule has 0 unspecified atom stereocenters. The predicted octanol–water partition coefficient (Wildman–Crippen LogP) is 3.97. The summed E-state index contributed by atoms with van der Waals surface area (Å²) in [6, 6.07) is 12.2. The lowest BCUT2D eigenvalue weighted by Gasteiger charge is -2.29. The average molecular weight is 477 g/mol. The average Bonchev–Trinajstić information content (AvgIpc) is 3.49. The number of hydrogen-bond donors (Lipinski definition) is 3. The first kappa shape index (κ1) is 22.3. The Morgan fingerprint density at radius 3 is 2.68 bits per heavy atom. The minimum atomic E-state index is -0.392. The number of rotatable bonds is 7. The molecule has 174 valence electrons. The van der Waals surface area contributed by atoms with E-state index in [0.717, 1.165) is 54.6 Å². The van der Waals surface area contributed by atoms with Gasteiger partial charge in [-0.25, -0.2) is 15.0 Å². The Morgan fingerprint density at radius 1 is 1.06 bits per heavy atom. The molecule has 3 aromatic heterocycles. The molecule has 5 rings (SSSR count). The molecule has 1 aliphatic heterocycles. The molecular formula is C24H24N6O3S. The normalized spacial score (nSPS) is 21.6. The first-order chi connectivity index (χ1) is 16.6. The Morgan fingerprint density at radius 2 is 1.91 bits per heavy atom. The molecule has 0 aromatic carbocycles. The van der Waals surface area contributed by atoms with E-state index in [4.69, 9.17) is 4.42 Å². The maximum atomic E-state index is 11.7. The van der Waals surface area contributed by atoms with Gasteiger partial charge in [-0.05, 0) is 73.9 Å². The van der Waals surface area contributed by atoms with Crippen molar-refractivity contribution in [3.63, 3.8) is 0 Å². The summed E-state index contributed by atoms with van der Waals surface area (Å²) in [6.45, 7) is 0.714. The lowest BCUT2D eigenvalue weighted by Crippen LogP contribution is -2.37. The quantitative estimate of drug-likeness (QED) is 0.435. The van der Waals surface area contributed by atoms with Crippen LogP contribution >= 0.6 is 11.8 Å². The molecule has 2 fully saturated rings. The number of carbonyl (C=O) groups excluding carboxylic acids is 2. The SMILES string of the molecule is O=C1NC(=O)C(=Cc2ccnc(NC3CCC(NCc4cccc(-c5ccco5)n4)CC3)n2)S1. The summed E-state index contributed by atoms with van der Waals surface area (Å²) in [4.78, 5) is 36.9. The van der Waals surface area contributed by atoms with Crippen molar-refractivity contribution >= 4 is 34.9 Å². The fourth-order valence-corrected chi connectivity index (χ4v) is 4.76. The van der Waals surface area contributed by atoms with E-state index in [0.29, 0.717) is 29.1 Å². The Bertz CT molecular complexity index is 1200. The fourth-order valence-electron chi connectivity index (χ4n) is 4.09. The van der Waals surface area contributed by atoms with Crippen LogP contribution in [0.25, 0.3) is 17.5 Å². The standard InChI is InChI=1S/C24H24N6O3S/c31-22-21(34-24(32)30-22)13-17-10-11-25-23(29-17)28-16-8-6-15(7-9-16)26-14-18-3-1-4-19(27-18)20-5-2-12-33-20/h1-5,10-13,15-16,26H,6-9,14H2,(H,25,28,29)(H,30,31,32). The molecule has 0 atom stereocenters. The summed E-state index contributed by atoms with van der Waals surface area (Å²) in [6.07, 6.45) is 8.99. The Balaban J connectivity index is 1.11. The van der Waals surface area contributed by atoms with E-state index >= 15 is 0 Å². The van der Waals surface area contributed by atoms with Gasteiger partial charge in [0.15, 0.2) is 5.76 Å². The highest BCUT2D eigenvalue weighted by atomic mass is 32.2. The van der Waals surface area contributed by atoms with Gasteiger partial charge in [-0.15, -0.1) is 0 Å². The smallest absolute Gasteiger partial charge is 0.290 e. The number of hydrogen-bond acceptors (Lipinski definition) is 9. The van der Waals surface area contributed by atoms with E-state index in [9.17, 15) is 9.59 Å². The number of aromatic nitrogens is 3. The van der Waals surface area contributed by atoms with Crippen LogP contribution < -0.4 is 16.0 Å². The number of nitrogens with zero attached hydrogens (tertiary/aromatic N) is 3. The summed E-state index contributed by atoms with van der Waals surface area (Å²) in [5.41, 5.74) is 2.42. The topological polar surface area (TPSA) is 122 Å². The van der Waals surface area contributed by atoms with Gasteiger partial charge in [-0.2, -0.15) is 0 Å². The number of pyridine rings is 1. The first-order valence-corrected chi connectivity index (χ1v) is 12.0. The van der Waals surface area contributed by atoms with Gasteiger partial charge in [0, 0.05) is 24.8 Å². The molecule has 1 saturated heterocycles. The Labute approximate surface area is 200 Å². The van der Waals surface area contributed by atoms with Crippen molar-refractivity contribution in [3.8, 4) is 11.5 Å². The van der Waals surface area contributed by atoms with Crippen molar-refractivity contribution in [2.45, 2.75) is 44.3 Å². The van der Waals surface area contributed by atoms with E-state index in [1.807, 2.05) is 30.3 Å². The van der Waals surface area contributed by atoms with Gasteiger partial charge in [0.2, 0.25) is 5.95 Å². The van der Waals surface area contributed by atoms with Gasteiger partial charge >= 0.3 is 0 Å². The van der Waals surface area contributed by atoms with E-state index in [-0.39, 0.29) is 11.3 Å². The van der Waals surface area contributed by atoms with Gasteiger partial charge in [-0.1, -0.05) is 6.07 Å². The van der Waals surface area contributed by atoms with Gasteiger partial charge < -0.3 is 15.1 Å². The molecule has 10 heteroatoms. The second-order valence-corrected chi connectivity index (χ2v) is 9.24. The minimum Gasteiger partial charge on any atom is -0.463 e. The monoisotopic (exact) mass is 476 g/mol. The summed E-state index contributed by atoms with van der Waals surface area (Å²) < 4.78 is 5.44. The van der Waals surface area contributed by atoms with Crippen LogP contribution in [0, 0.1) is 0 Å². The molecule has 0 radical (unpaired) electrons. The Kier molecular flexibility index (Phi) is 6.68. The van der Waals surface area contributed by atoms with E-state index < -0.39 is 5.91 Å². The highest BCUT2D eigenvalue weighted by Gasteiger charge is 2.25. The van der Waals surface area contributed by atoms with Gasteiger partial charge in [-0.3, -0.25) is 14.9 Å². The largest absolute Gasteiger partial charge is 0.463 e. The van der Waals surface area contributed by atoms with E-state index in [1.54, 1.807) is 24.6 Å². The summed E-state index contributed by atoms with van der Waals surface area (Å²) in [5, 5.41) is 8.91. The molecule has 0 spiro atoms. The third kappa shape index (κ3) is 5.52. The van der Waals surface area contributed by atoms with E-state index in [2.05, 4.69) is 30.9 Å². The zero-order valence-corrected chi connectivity index (χ0v) is 19.2. The second kappa shape index (κ2) is 10.2. The van der Waals surface area contributed by atoms with Crippen molar-refractivity contribution in [2.24, 2.45) is 0 Å². The van der Waals surface area contributed by atoms with Crippen LogP contribution in [0.4, 0.5) is 10.7 Å². The lowest BCUT2D eigenvalue weighted by molar-refractivity contribution is -0.115. The van der Waals surface area contributed by atoms with Gasteiger partial charge in [0.05, 0.1) is 22.6 Å². The molecular weight excluding hydrogens is 452 g/mol. The van der Waals surface area contributed by atoms with E-state index in [1.165, 1.54) is 0 Å². The van der Waals surface area contributed by atoms with Crippen LogP contribution in [0.1, 0.15) is 37.1 Å². The number of thioether (sulfide) groups is 1. The molecule has 9 nitrogen and oxygen atoms in total. The third-order valence-corrected chi connectivity index (χ3v) is 6.62. The lowest BCUT2D eigenvalue weighted by atomic mass is 9.91. The number of furan rings is 1. The van der Waals surface area contributed by atoms with Crippen LogP contribution in [0.5, 0.6) is 0 Å². The molecule has 3 aromatic rings. The third-order valence-electron chi connectivity index (χ3n) is 5.81. The molecule has 1 aliphatic carbocycles. The number of imide groups is 1. The highest BCUT2D eigenvalue weighted by Crippen LogP contribution is 2.26. The van der Waals surface area contributed by atoms with Crippen molar-refractivity contribution in [1.29, 1.82) is 0 Å². The van der Waals surface area contributed by atoms with Crippen LogP contribution in [-0.4, -0.2) is 38.2 Å². The molecule has 1 saturated carbocycles. The number of anilines is 1. The predicted molar refractivity (Wildman–Crippen MR) is 130 cm³/mol. The molecule has 2 amide bonds. The van der Waals surface area contributed by atoms with Crippen molar-refractivity contribution in [1.82, 2.24) is 25.6 Å². The molecule has 2 aliphatic rings. The Hall–Kier alpha value is -3.50. The fraction of sp³-hybridized carbons (Fsp3) is 0.292. The van der Waals surface area contributed by atoms with Crippen LogP contribution in [0.3, 0.4) is 0 Å². The molecule has 34 heavy (non-hydrogen) atoms. The molecule has 3 N–H and O–H groups in total. The number of amides is 2. The minimum absolute atomic E-state index is 0.284. The van der Waals surface area contributed by atoms with Crippen molar-refractivity contribution in [3.05, 3.63) is 65.2 Å². The van der Waals surface area contributed by atoms with Crippen molar-refractivity contribution in [2.75, 3.05) is 5.32 Å². The number of nitrogens with one attached hydrogen (secondary N) is 3. The second-order valence-electron chi connectivity index (χ2n) is 8.22. The first-order valence-electron chi connectivity index (χ1n) is 11.2. The summed E-state index contributed by atoms with van der Waals surface area (Å²) in [5.74, 6) is 0.908. The molecule has 0 bridgehead atoms. The van der Waals surface area contributed by atoms with Crippen LogP contribution in [-0.2, 0) is 11.3 Å². The van der Waals surface area contributed by atoms with Gasteiger partial charge in [0.1, 0.15) is 5.69 Å². The summed E-state index contributed by atoms with van der Waals surface area (Å²) in [7, 11) is 0. The maximum absolute atomic E-state index is 11.7. The highest BCUT2D eigenvalue weighted by molar-refractivity contribution is 8.18. The number of carbonyl (C=O) groups is 2. The molecule has 4 heterocycles. The zero-order chi connectivity index (χ0) is 23.3. The summed E-state index contributed by atoms with van der Waals surface area (Å²) >= 11 is 0.878. The zero-order valence-electron chi connectivity index (χ0n) is 18.4. The van der Waals surface area contributed by atoms with Crippen molar-refractivity contribution < 1.29 is 14.0 Å². The van der Waals surface area contributed by atoms with Crippen LogP contribution in [0.15, 0.2) is 58.2 Å².